The Balaban J connectivity index is 2.03. The second-order valence-electron chi connectivity index (χ2n) is 8.67. The minimum absolute atomic E-state index is 0.273. The number of fused-ring (bicyclic) bond motifs is 1. The topological polar surface area (TPSA) is 70.6 Å². The van der Waals surface area contributed by atoms with E-state index < -0.39 is 0 Å². The Hall–Kier alpha value is -2.93. The maximum Gasteiger partial charge on any atom is 0.335 e. The Kier molecular flexibility index (Phi) is 8.22. The normalized spacial score (nSPS) is 15.6. The van der Waals surface area contributed by atoms with Crippen molar-refractivity contribution < 1.29 is 9.53 Å². The van der Waals surface area contributed by atoms with E-state index in [0.717, 1.165) is 55.1 Å². The van der Waals surface area contributed by atoms with Gasteiger partial charge in [-0.15, -0.1) is 0 Å². The third-order valence-corrected chi connectivity index (χ3v) is 5.61. The van der Waals surface area contributed by atoms with Crippen LogP contribution in [-0.2, 0) is 22.4 Å². The maximum atomic E-state index is 12.6. The molecule has 0 aliphatic carbocycles. The summed E-state index contributed by atoms with van der Waals surface area (Å²) < 4.78 is 5.09. The predicted molar refractivity (Wildman–Crippen MR) is 128 cm³/mol. The summed E-state index contributed by atoms with van der Waals surface area (Å²) in [5.74, 6) is 1.20. The van der Waals surface area contributed by atoms with Crippen LogP contribution in [0.15, 0.2) is 42.1 Å². The van der Waals surface area contributed by atoms with Gasteiger partial charge in [-0.1, -0.05) is 30.3 Å². The van der Waals surface area contributed by atoms with E-state index in [2.05, 4.69) is 43.1 Å². The van der Waals surface area contributed by atoms with Gasteiger partial charge in [0.05, 0.1) is 18.4 Å². The summed E-state index contributed by atoms with van der Waals surface area (Å²) >= 11 is 0. The lowest BCUT2D eigenvalue weighted by atomic mass is 9.99. The zero-order valence-corrected chi connectivity index (χ0v) is 19.9. The first-order valence-electron chi connectivity index (χ1n) is 11.3. The van der Waals surface area contributed by atoms with Crippen molar-refractivity contribution in [1.29, 1.82) is 0 Å². The fourth-order valence-corrected chi connectivity index (χ4v) is 3.79. The Morgan fingerprint density at radius 1 is 1.22 bits per heavy atom. The van der Waals surface area contributed by atoms with Crippen LogP contribution in [0, 0.1) is 0 Å². The van der Waals surface area contributed by atoms with E-state index in [-0.39, 0.29) is 12.0 Å². The molecule has 2 aromatic rings. The van der Waals surface area contributed by atoms with Gasteiger partial charge in [-0.25, -0.2) is 14.8 Å². The SMILES string of the molecule is COC(=O)/C1=C/N(C(C)C)CCc2nc(-c3ccccc3)nc(NCCCN(C)C)c2C1. The molecule has 1 aromatic heterocycles. The molecule has 7 heteroatoms. The van der Waals surface area contributed by atoms with Gasteiger partial charge in [0.25, 0.3) is 0 Å². The van der Waals surface area contributed by atoms with E-state index >= 15 is 0 Å². The minimum atomic E-state index is -0.311. The van der Waals surface area contributed by atoms with E-state index in [1.165, 1.54) is 7.11 Å². The molecule has 172 valence electrons. The second-order valence-corrected chi connectivity index (χ2v) is 8.67. The largest absolute Gasteiger partial charge is 0.466 e. The van der Waals surface area contributed by atoms with Gasteiger partial charge in [0.2, 0.25) is 0 Å². The average molecular weight is 438 g/mol. The summed E-state index contributed by atoms with van der Waals surface area (Å²) in [6.45, 7) is 6.81. The van der Waals surface area contributed by atoms with Crippen molar-refractivity contribution in [3.63, 3.8) is 0 Å². The molecular formula is C25H35N5O2. The van der Waals surface area contributed by atoms with Crippen molar-refractivity contribution in [2.24, 2.45) is 0 Å². The monoisotopic (exact) mass is 437 g/mol. The van der Waals surface area contributed by atoms with Crippen molar-refractivity contribution in [3.8, 4) is 11.4 Å². The molecule has 1 N–H and O–H groups in total. The Labute approximate surface area is 191 Å². The average Bonchev–Trinajstić information content (AvgIpc) is 2.77. The number of hydrogen-bond acceptors (Lipinski definition) is 7. The zero-order valence-electron chi connectivity index (χ0n) is 19.9. The quantitative estimate of drug-likeness (QED) is 0.501. The summed E-state index contributed by atoms with van der Waals surface area (Å²) in [6.07, 6.45) is 4.16. The van der Waals surface area contributed by atoms with E-state index in [9.17, 15) is 4.79 Å². The highest BCUT2D eigenvalue weighted by Gasteiger charge is 2.24. The van der Waals surface area contributed by atoms with Crippen LogP contribution in [0.2, 0.25) is 0 Å². The van der Waals surface area contributed by atoms with Gasteiger partial charge in [0.1, 0.15) is 5.82 Å². The Morgan fingerprint density at radius 3 is 2.62 bits per heavy atom. The molecule has 0 unspecified atom stereocenters. The molecule has 0 spiro atoms. The summed E-state index contributed by atoms with van der Waals surface area (Å²) in [6, 6.07) is 10.3. The standard InChI is InChI=1S/C25H35N5O2/c1-18(2)30-15-12-22-21(16-20(17-30)25(31)32-5)24(26-13-9-14-29(3)4)28-23(27-22)19-10-7-6-8-11-19/h6-8,10-11,17-18H,9,12-16H2,1-5H3,(H,26,27,28)/b20-17+. The molecule has 0 radical (unpaired) electrons. The lowest BCUT2D eigenvalue weighted by Gasteiger charge is -2.29. The number of ether oxygens (including phenoxy) is 1. The molecule has 0 fully saturated rings. The lowest BCUT2D eigenvalue weighted by molar-refractivity contribution is -0.136. The van der Waals surface area contributed by atoms with E-state index in [1.54, 1.807) is 0 Å². The number of nitrogens with one attached hydrogen (secondary N) is 1. The molecule has 0 saturated carbocycles. The van der Waals surface area contributed by atoms with Crippen LogP contribution >= 0.6 is 0 Å². The van der Waals surface area contributed by atoms with E-state index in [1.807, 2.05) is 36.5 Å². The molecule has 32 heavy (non-hydrogen) atoms. The highest BCUT2D eigenvalue weighted by atomic mass is 16.5. The third-order valence-electron chi connectivity index (χ3n) is 5.61. The van der Waals surface area contributed by atoms with Crippen LogP contribution in [0.25, 0.3) is 11.4 Å². The lowest BCUT2D eigenvalue weighted by Crippen LogP contribution is -2.31. The van der Waals surface area contributed by atoms with Crippen LogP contribution in [0.4, 0.5) is 5.82 Å². The molecule has 0 bridgehead atoms. The highest BCUT2D eigenvalue weighted by Crippen LogP contribution is 2.28. The van der Waals surface area contributed by atoms with Crippen molar-refractivity contribution in [2.45, 2.75) is 39.2 Å². The van der Waals surface area contributed by atoms with Gasteiger partial charge in [-0.3, -0.25) is 0 Å². The number of nitrogens with zero attached hydrogens (tertiary/aromatic N) is 4. The molecule has 7 nitrogen and oxygen atoms in total. The molecule has 0 saturated heterocycles. The number of carbonyl (C=O) groups is 1. The number of aromatic nitrogens is 2. The van der Waals surface area contributed by atoms with E-state index in [4.69, 9.17) is 14.7 Å². The van der Waals surface area contributed by atoms with Gasteiger partial charge >= 0.3 is 5.97 Å². The van der Waals surface area contributed by atoms with Crippen LogP contribution in [0.1, 0.15) is 31.5 Å². The minimum Gasteiger partial charge on any atom is -0.466 e. The van der Waals surface area contributed by atoms with Crippen LogP contribution < -0.4 is 5.32 Å². The number of hydrogen-bond donors (Lipinski definition) is 1. The number of rotatable bonds is 8. The van der Waals surface area contributed by atoms with Gasteiger partial charge < -0.3 is 19.9 Å². The van der Waals surface area contributed by atoms with Gasteiger partial charge in [-0.2, -0.15) is 0 Å². The smallest absolute Gasteiger partial charge is 0.335 e. The first-order chi connectivity index (χ1) is 15.4. The number of benzene rings is 1. The predicted octanol–water partition coefficient (Wildman–Crippen LogP) is 3.37. The maximum absolute atomic E-state index is 12.6. The molecule has 1 aromatic carbocycles. The van der Waals surface area contributed by atoms with Crippen molar-refractivity contribution in [3.05, 3.63) is 53.4 Å². The van der Waals surface area contributed by atoms with Crippen molar-refractivity contribution in [2.75, 3.05) is 46.2 Å². The zero-order chi connectivity index (χ0) is 23.1. The summed E-state index contributed by atoms with van der Waals surface area (Å²) in [7, 11) is 5.57. The Morgan fingerprint density at radius 2 is 1.97 bits per heavy atom. The second kappa shape index (κ2) is 11.1. The fraction of sp³-hybridized carbons (Fsp3) is 0.480. The molecule has 3 rings (SSSR count). The van der Waals surface area contributed by atoms with Gasteiger partial charge in [-0.05, 0) is 40.9 Å². The number of anilines is 1. The Bertz CT molecular complexity index is 941. The van der Waals surface area contributed by atoms with Crippen LogP contribution in [0.5, 0.6) is 0 Å². The van der Waals surface area contributed by atoms with Gasteiger partial charge in [0, 0.05) is 49.3 Å². The molecule has 1 aliphatic rings. The van der Waals surface area contributed by atoms with Crippen LogP contribution in [-0.4, -0.2) is 72.6 Å². The number of methoxy groups -OCH3 is 1. The third kappa shape index (κ3) is 6.07. The summed E-state index contributed by atoms with van der Waals surface area (Å²) in [5, 5.41) is 3.53. The van der Waals surface area contributed by atoms with Crippen molar-refractivity contribution >= 4 is 11.8 Å². The first-order valence-corrected chi connectivity index (χ1v) is 11.3. The number of esters is 1. The molecule has 1 aliphatic heterocycles. The van der Waals surface area contributed by atoms with E-state index in [0.29, 0.717) is 17.8 Å². The summed E-state index contributed by atoms with van der Waals surface area (Å²) in [5.41, 5.74) is 3.57. The number of carbonyl (C=O) groups excluding carboxylic acids is 1. The molecular weight excluding hydrogens is 402 g/mol. The van der Waals surface area contributed by atoms with Crippen LogP contribution in [0.3, 0.4) is 0 Å². The molecule has 2 heterocycles. The van der Waals surface area contributed by atoms with Gasteiger partial charge in [0.15, 0.2) is 5.82 Å². The first kappa shape index (κ1) is 23.7. The summed E-state index contributed by atoms with van der Waals surface area (Å²) in [4.78, 5) is 26.8. The van der Waals surface area contributed by atoms with Crippen molar-refractivity contribution in [1.82, 2.24) is 19.8 Å². The molecule has 0 atom stereocenters. The highest BCUT2D eigenvalue weighted by molar-refractivity contribution is 5.89. The molecule has 0 amide bonds. The fourth-order valence-electron chi connectivity index (χ4n) is 3.79.